The van der Waals surface area contributed by atoms with Crippen LogP contribution in [0.25, 0.3) is 11.1 Å². The molecular weight excluding hydrogens is 396 g/mol. The van der Waals surface area contributed by atoms with Gasteiger partial charge in [-0.05, 0) is 35.6 Å². The summed E-state index contributed by atoms with van der Waals surface area (Å²) in [5.74, 6) is -1.30. The number of amides is 2. The molecule has 1 aliphatic carbocycles. The lowest BCUT2D eigenvalue weighted by molar-refractivity contribution is -0.137. The summed E-state index contributed by atoms with van der Waals surface area (Å²) < 4.78 is 5.49. The van der Waals surface area contributed by atoms with Crippen molar-refractivity contribution in [1.82, 2.24) is 10.6 Å². The van der Waals surface area contributed by atoms with Crippen molar-refractivity contribution in [2.45, 2.75) is 51.1 Å². The van der Waals surface area contributed by atoms with Gasteiger partial charge in [0.25, 0.3) is 0 Å². The molecule has 0 radical (unpaired) electrons. The number of alkyl carbamates (subject to hydrolysis) is 1. The van der Waals surface area contributed by atoms with E-state index in [1.54, 1.807) is 6.92 Å². The van der Waals surface area contributed by atoms with Gasteiger partial charge in [-0.1, -0.05) is 55.5 Å². The van der Waals surface area contributed by atoms with Gasteiger partial charge in [-0.15, -0.1) is 0 Å². The van der Waals surface area contributed by atoms with Gasteiger partial charge in [0.2, 0.25) is 5.91 Å². The van der Waals surface area contributed by atoms with Gasteiger partial charge >= 0.3 is 12.1 Å². The van der Waals surface area contributed by atoms with Crippen LogP contribution in [0.2, 0.25) is 0 Å². The van der Waals surface area contributed by atoms with Crippen molar-refractivity contribution in [2.75, 3.05) is 6.61 Å². The van der Waals surface area contributed by atoms with Gasteiger partial charge in [-0.2, -0.15) is 0 Å². The number of carbonyl (C=O) groups excluding carboxylic acids is 2. The number of carboxylic acid groups (broad SMARTS) is 1. The number of carbonyl (C=O) groups is 3. The largest absolute Gasteiger partial charge is 0.481 e. The van der Waals surface area contributed by atoms with E-state index in [-0.39, 0.29) is 31.3 Å². The van der Waals surface area contributed by atoms with Gasteiger partial charge in [0, 0.05) is 24.4 Å². The monoisotopic (exact) mass is 424 g/mol. The van der Waals surface area contributed by atoms with Crippen molar-refractivity contribution < 1.29 is 24.2 Å². The third kappa shape index (κ3) is 5.63. The Labute approximate surface area is 181 Å². The van der Waals surface area contributed by atoms with Crippen LogP contribution in [-0.2, 0) is 14.3 Å². The SMILES string of the molecule is CC[C@H](CC(=O)O)NC(=O)C[C@@H](C)NC(=O)OCC1c2ccccc2-c2ccccc21. The first-order chi connectivity index (χ1) is 14.9. The molecule has 7 heteroatoms. The van der Waals surface area contributed by atoms with Crippen molar-refractivity contribution in [1.29, 1.82) is 0 Å². The molecule has 0 saturated heterocycles. The van der Waals surface area contributed by atoms with E-state index in [2.05, 4.69) is 34.9 Å². The van der Waals surface area contributed by atoms with E-state index in [4.69, 9.17) is 9.84 Å². The molecule has 3 rings (SSSR count). The quantitative estimate of drug-likeness (QED) is 0.570. The maximum atomic E-state index is 12.3. The molecular formula is C24H28N2O5. The zero-order valence-corrected chi connectivity index (χ0v) is 17.8. The normalized spacial score (nSPS) is 14.1. The first kappa shape index (κ1) is 22.3. The van der Waals surface area contributed by atoms with Crippen LogP contribution in [0, 0.1) is 0 Å². The number of nitrogens with one attached hydrogen (secondary N) is 2. The summed E-state index contributed by atoms with van der Waals surface area (Å²) in [5.41, 5.74) is 4.58. The third-order valence-electron chi connectivity index (χ3n) is 5.48. The number of aliphatic carboxylic acids is 1. The molecule has 1 aliphatic rings. The van der Waals surface area contributed by atoms with Gasteiger partial charge in [-0.3, -0.25) is 9.59 Å². The molecule has 31 heavy (non-hydrogen) atoms. The molecule has 7 nitrogen and oxygen atoms in total. The standard InChI is InChI=1S/C24H28N2O5/c1-3-16(13-23(28)29)26-22(27)12-15(2)25-24(30)31-14-21-19-10-6-4-8-17(19)18-9-5-7-11-20(18)21/h4-11,15-16,21H,3,12-14H2,1-2H3,(H,25,30)(H,26,27)(H,28,29)/t15-,16-/m1/s1. The Morgan fingerprint density at radius 2 is 1.55 bits per heavy atom. The molecule has 3 N–H and O–H groups in total. The molecule has 0 saturated carbocycles. The predicted octanol–water partition coefficient (Wildman–Crippen LogP) is 3.67. The number of carboxylic acids is 1. The van der Waals surface area contributed by atoms with Gasteiger partial charge in [0.15, 0.2) is 0 Å². The Hall–Kier alpha value is -3.35. The summed E-state index contributed by atoms with van der Waals surface area (Å²) in [7, 11) is 0. The minimum atomic E-state index is -0.961. The van der Waals surface area contributed by atoms with Gasteiger partial charge in [-0.25, -0.2) is 4.79 Å². The fraction of sp³-hybridized carbons (Fsp3) is 0.375. The molecule has 0 fully saturated rings. The summed E-state index contributed by atoms with van der Waals surface area (Å²) in [6.07, 6.45) is -0.150. The molecule has 2 aromatic rings. The molecule has 0 spiro atoms. The van der Waals surface area contributed by atoms with Crippen LogP contribution < -0.4 is 10.6 Å². The Kier molecular flexibility index (Phi) is 7.28. The second kappa shape index (κ2) is 10.1. The summed E-state index contributed by atoms with van der Waals surface area (Å²) >= 11 is 0. The molecule has 164 valence electrons. The predicted molar refractivity (Wildman–Crippen MR) is 117 cm³/mol. The molecule has 0 heterocycles. The number of hydrogen-bond donors (Lipinski definition) is 3. The summed E-state index contributed by atoms with van der Waals surface area (Å²) in [6, 6.07) is 15.3. The second-order valence-electron chi connectivity index (χ2n) is 7.85. The Balaban J connectivity index is 1.51. The summed E-state index contributed by atoms with van der Waals surface area (Å²) in [5, 5.41) is 14.2. The lowest BCUT2D eigenvalue weighted by atomic mass is 9.98. The van der Waals surface area contributed by atoms with Crippen LogP contribution in [-0.4, -0.2) is 41.8 Å². The molecule has 0 aliphatic heterocycles. The van der Waals surface area contributed by atoms with Crippen molar-refractivity contribution in [3.05, 3.63) is 59.7 Å². The van der Waals surface area contributed by atoms with E-state index in [0.717, 1.165) is 22.3 Å². The van der Waals surface area contributed by atoms with Crippen molar-refractivity contribution in [3.63, 3.8) is 0 Å². The van der Waals surface area contributed by atoms with Gasteiger partial charge in [0.05, 0.1) is 6.42 Å². The minimum absolute atomic E-state index is 0.0296. The topological polar surface area (TPSA) is 105 Å². The van der Waals surface area contributed by atoms with Gasteiger partial charge < -0.3 is 20.5 Å². The Bertz CT molecular complexity index is 913. The fourth-order valence-electron chi connectivity index (χ4n) is 3.97. The molecule has 2 atom stereocenters. The molecule has 0 bridgehead atoms. The number of benzene rings is 2. The minimum Gasteiger partial charge on any atom is -0.481 e. The lowest BCUT2D eigenvalue weighted by Crippen LogP contribution is -2.41. The lowest BCUT2D eigenvalue weighted by Gasteiger charge is -2.19. The molecule has 0 unspecified atom stereocenters. The highest BCUT2D eigenvalue weighted by molar-refractivity contribution is 5.80. The van der Waals surface area contributed by atoms with E-state index < -0.39 is 24.1 Å². The maximum Gasteiger partial charge on any atom is 0.407 e. The van der Waals surface area contributed by atoms with Crippen LogP contribution in [0.3, 0.4) is 0 Å². The van der Waals surface area contributed by atoms with E-state index >= 15 is 0 Å². The second-order valence-corrected chi connectivity index (χ2v) is 7.85. The first-order valence-electron chi connectivity index (χ1n) is 10.5. The Morgan fingerprint density at radius 1 is 0.968 bits per heavy atom. The summed E-state index contributed by atoms with van der Waals surface area (Å²) in [6.45, 7) is 3.72. The zero-order valence-electron chi connectivity index (χ0n) is 17.8. The molecule has 0 aromatic heterocycles. The number of rotatable bonds is 9. The Morgan fingerprint density at radius 3 is 2.10 bits per heavy atom. The van der Waals surface area contributed by atoms with Crippen molar-refractivity contribution in [3.8, 4) is 11.1 Å². The highest BCUT2D eigenvalue weighted by Crippen LogP contribution is 2.44. The molecule has 2 aromatic carbocycles. The number of fused-ring (bicyclic) bond motifs is 3. The third-order valence-corrected chi connectivity index (χ3v) is 5.48. The van der Waals surface area contributed by atoms with Crippen LogP contribution >= 0.6 is 0 Å². The number of ether oxygens (including phenoxy) is 1. The highest BCUT2D eigenvalue weighted by atomic mass is 16.5. The first-order valence-corrected chi connectivity index (χ1v) is 10.5. The smallest absolute Gasteiger partial charge is 0.407 e. The van der Waals surface area contributed by atoms with Crippen molar-refractivity contribution in [2.24, 2.45) is 0 Å². The zero-order chi connectivity index (χ0) is 22.4. The van der Waals surface area contributed by atoms with Crippen LogP contribution in [0.15, 0.2) is 48.5 Å². The fourth-order valence-corrected chi connectivity index (χ4v) is 3.97. The average Bonchev–Trinajstić information content (AvgIpc) is 3.05. The summed E-state index contributed by atoms with van der Waals surface area (Å²) in [4.78, 5) is 35.3. The van der Waals surface area contributed by atoms with Crippen LogP contribution in [0.1, 0.15) is 50.2 Å². The maximum absolute atomic E-state index is 12.3. The highest BCUT2D eigenvalue weighted by Gasteiger charge is 2.29. The molecule has 2 amide bonds. The van der Waals surface area contributed by atoms with Crippen molar-refractivity contribution >= 4 is 18.0 Å². The van der Waals surface area contributed by atoms with E-state index in [1.165, 1.54) is 0 Å². The number of hydrogen-bond acceptors (Lipinski definition) is 4. The van der Waals surface area contributed by atoms with Crippen LogP contribution in [0.5, 0.6) is 0 Å². The average molecular weight is 424 g/mol. The van der Waals surface area contributed by atoms with Crippen LogP contribution in [0.4, 0.5) is 4.79 Å². The van der Waals surface area contributed by atoms with E-state index in [1.807, 2.05) is 31.2 Å². The van der Waals surface area contributed by atoms with E-state index in [9.17, 15) is 14.4 Å². The van der Waals surface area contributed by atoms with E-state index in [0.29, 0.717) is 6.42 Å². The van der Waals surface area contributed by atoms with Gasteiger partial charge in [0.1, 0.15) is 6.61 Å².